The first kappa shape index (κ1) is 12.6. The Balaban J connectivity index is 2.51. The number of ketones is 1. The van der Waals surface area contributed by atoms with Gasteiger partial charge < -0.3 is 9.47 Å². The largest absolute Gasteiger partial charge is 0.496 e. The Labute approximate surface area is 106 Å². The highest BCUT2D eigenvalue weighted by Crippen LogP contribution is 2.35. The molecule has 0 aromatic heterocycles. The maximum Gasteiger partial charge on any atom is 0.191 e. The summed E-state index contributed by atoms with van der Waals surface area (Å²) in [6, 6.07) is 5.79. The number of ether oxygens (including phenoxy) is 2. The minimum absolute atomic E-state index is 0.165. The predicted octanol–water partition coefficient (Wildman–Crippen LogP) is 2.03. The molecule has 0 saturated carbocycles. The van der Waals surface area contributed by atoms with Crippen LogP contribution in [0.4, 0.5) is 0 Å². The van der Waals surface area contributed by atoms with Gasteiger partial charge in [0.1, 0.15) is 5.75 Å². The molecule has 0 amide bonds. The molecule has 0 aliphatic carbocycles. The number of hydrogen-bond donors (Lipinski definition) is 0. The summed E-state index contributed by atoms with van der Waals surface area (Å²) in [5, 5.41) is 9.18. The highest BCUT2D eigenvalue weighted by molar-refractivity contribution is 6.05. The SMILES string of the molecule is COc1c(C)cc(C)cc1C(=O)C1(C#N)COC1. The zero-order valence-electron chi connectivity index (χ0n) is 10.7. The van der Waals surface area contributed by atoms with Crippen LogP contribution in [-0.4, -0.2) is 26.1 Å². The smallest absolute Gasteiger partial charge is 0.191 e. The third-order valence-electron chi connectivity index (χ3n) is 3.21. The Hall–Kier alpha value is -1.86. The lowest BCUT2D eigenvalue weighted by atomic mass is 9.79. The minimum Gasteiger partial charge on any atom is -0.496 e. The van der Waals surface area contributed by atoms with Gasteiger partial charge in [0, 0.05) is 0 Å². The van der Waals surface area contributed by atoms with E-state index in [4.69, 9.17) is 9.47 Å². The van der Waals surface area contributed by atoms with E-state index < -0.39 is 5.41 Å². The molecule has 0 bridgehead atoms. The van der Waals surface area contributed by atoms with E-state index in [0.29, 0.717) is 11.3 Å². The van der Waals surface area contributed by atoms with Crippen molar-refractivity contribution in [3.63, 3.8) is 0 Å². The summed E-state index contributed by atoms with van der Waals surface area (Å²) in [5.74, 6) is 0.340. The van der Waals surface area contributed by atoms with Gasteiger partial charge in [0.05, 0.1) is 32.0 Å². The van der Waals surface area contributed by atoms with Crippen LogP contribution in [0.2, 0.25) is 0 Å². The first-order valence-corrected chi connectivity index (χ1v) is 5.73. The summed E-state index contributed by atoms with van der Waals surface area (Å²) >= 11 is 0. The number of methoxy groups -OCH3 is 1. The van der Waals surface area contributed by atoms with Gasteiger partial charge in [0.25, 0.3) is 0 Å². The van der Waals surface area contributed by atoms with E-state index in [1.807, 2.05) is 19.9 Å². The number of hydrogen-bond acceptors (Lipinski definition) is 4. The fourth-order valence-corrected chi connectivity index (χ4v) is 2.20. The van der Waals surface area contributed by atoms with Crippen LogP contribution in [0.25, 0.3) is 0 Å². The van der Waals surface area contributed by atoms with Crippen LogP contribution in [0, 0.1) is 30.6 Å². The summed E-state index contributed by atoms with van der Waals surface area (Å²) in [6.45, 7) is 4.13. The van der Waals surface area contributed by atoms with E-state index in [0.717, 1.165) is 11.1 Å². The van der Waals surface area contributed by atoms with Crippen molar-refractivity contribution in [3.8, 4) is 11.8 Å². The van der Waals surface area contributed by atoms with E-state index in [1.165, 1.54) is 7.11 Å². The molecular formula is C14H15NO3. The lowest BCUT2D eigenvalue weighted by Gasteiger charge is -2.33. The molecule has 1 heterocycles. The Bertz CT molecular complexity index is 539. The maximum absolute atomic E-state index is 12.5. The number of aryl methyl sites for hydroxylation is 2. The van der Waals surface area contributed by atoms with Gasteiger partial charge in [-0.2, -0.15) is 5.26 Å². The van der Waals surface area contributed by atoms with Crippen LogP contribution in [0.1, 0.15) is 21.5 Å². The molecule has 18 heavy (non-hydrogen) atoms. The molecule has 4 heteroatoms. The van der Waals surface area contributed by atoms with Gasteiger partial charge in [0.2, 0.25) is 0 Å². The lowest BCUT2D eigenvalue weighted by molar-refractivity contribution is -0.0567. The predicted molar refractivity (Wildman–Crippen MR) is 65.7 cm³/mol. The van der Waals surface area contributed by atoms with Crippen molar-refractivity contribution >= 4 is 5.78 Å². The fraction of sp³-hybridized carbons (Fsp3) is 0.429. The third kappa shape index (κ3) is 1.77. The first-order valence-electron chi connectivity index (χ1n) is 5.73. The normalized spacial score (nSPS) is 16.6. The molecule has 2 rings (SSSR count). The number of carbonyl (C=O) groups excluding carboxylic acids is 1. The average Bonchev–Trinajstić information content (AvgIpc) is 2.27. The summed E-state index contributed by atoms with van der Waals surface area (Å²) < 4.78 is 10.3. The van der Waals surface area contributed by atoms with Crippen LogP contribution in [0.15, 0.2) is 12.1 Å². The molecule has 0 radical (unpaired) electrons. The van der Waals surface area contributed by atoms with Crippen LogP contribution >= 0.6 is 0 Å². The van der Waals surface area contributed by atoms with Gasteiger partial charge in [-0.3, -0.25) is 4.79 Å². The van der Waals surface area contributed by atoms with Crippen molar-refractivity contribution < 1.29 is 14.3 Å². The number of nitrogens with zero attached hydrogens (tertiary/aromatic N) is 1. The van der Waals surface area contributed by atoms with E-state index in [-0.39, 0.29) is 19.0 Å². The molecular weight excluding hydrogens is 230 g/mol. The Kier molecular flexibility index (Phi) is 3.10. The van der Waals surface area contributed by atoms with Crippen molar-refractivity contribution in [1.29, 1.82) is 5.26 Å². The molecule has 1 aromatic carbocycles. The van der Waals surface area contributed by atoms with Crippen LogP contribution in [-0.2, 0) is 4.74 Å². The van der Waals surface area contributed by atoms with Crippen LogP contribution in [0.5, 0.6) is 5.75 Å². The molecule has 1 saturated heterocycles. The molecule has 94 valence electrons. The highest BCUT2D eigenvalue weighted by atomic mass is 16.5. The number of carbonyl (C=O) groups is 1. The van der Waals surface area contributed by atoms with Gasteiger partial charge in [-0.1, -0.05) is 6.07 Å². The second kappa shape index (κ2) is 4.43. The summed E-state index contributed by atoms with van der Waals surface area (Å²) in [6.07, 6.45) is 0. The molecule has 0 N–H and O–H groups in total. The molecule has 0 atom stereocenters. The van der Waals surface area contributed by atoms with Gasteiger partial charge in [-0.05, 0) is 31.0 Å². The summed E-state index contributed by atoms with van der Waals surface area (Å²) in [7, 11) is 1.53. The first-order chi connectivity index (χ1) is 8.54. The van der Waals surface area contributed by atoms with Gasteiger partial charge in [-0.25, -0.2) is 0 Å². The highest BCUT2D eigenvalue weighted by Gasteiger charge is 2.47. The molecule has 0 spiro atoms. The second-order valence-electron chi connectivity index (χ2n) is 4.68. The number of nitriles is 1. The van der Waals surface area contributed by atoms with Crippen molar-refractivity contribution in [2.24, 2.45) is 5.41 Å². The van der Waals surface area contributed by atoms with Crippen LogP contribution in [0.3, 0.4) is 0 Å². The average molecular weight is 245 g/mol. The summed E-state index contributed by atoms with van der Waals surface area (Å²) in [4.78, 5) is 12.5. The number of benzene rings is 1. The van der Waals surface area contributed by atoms with E-state index >= 15 is 0 Å². The molecule has 1 fully saturated rings. The fourth-order valence-electron chi connectivity index (χ4n) is 2.20. The zero-order chi connectivity index (χ0) is 13.3. The molecule has 1 aliphatic rings. The van der Waals surface area contributed by atoms with Crippen molar-refractivity contribution in [1.82, 2.24) is 0 Å². The van der Waals surface area contributed by atoms with Gasteiger partial charge >= 0.3 is 0 Å². The molecule has 1 aromatic rings. The standard InChI is InChI=1S/C14H15NO3/c1-9-4-10(2)12(17-3)11(5-9)13(16)14(6-15)7-18-8-14/h4-5H,7-8H2,1-3H3. The van der Waals surface area contributed by atoms with Crippen molar-refractivity contribution in [2.45, 2.75) is 13.8 Å². The van der Waals surface area contributed by atoms with Crippen molar-refractivity contribution in [2.75, 3.05) is 20.3 Å². The molecule has 0 unspecified atom stereocenters. The maximum atomic E-state index is 12.5. The van der Waals surface area contributed by atoms with Crippen LogP contribution < -0.4 is 4.74 Å². The number of Topliss-reactive ketones (excluding diaryl/α,β-unsaturated/α-hetero) is 1. The monoisotopic (exact) mass is 245 g/mol. The Morgan fingerprint density at radius 1 is 1.44 bits per heavy atom. The molecule has 1 aliphatic heterocycles. The number of rotatable bonds is 3. The second-order valence-corrected chi connectivity index (χ2v) is 4.68. The quantitative estimate of drug-likeness (QED) is 0.764. The zero-order valence-corrected chi connectivity index (χ0v) is 10.7. The molecule has 4 nitrogen and oxygen atoms in total. The van der Waals surface area contributed by atoms with Gasteiger partial charge in [0.15, 0.2) is 11.2 Å². The van der Waals surface area contributed by atoms with E-state index in [9.17, 15) is 10.1 Å². The summed E-state index contributed by atoms with van der Waals surface area (Å²) in [5.41, 5.74) is 1.31. The Morgan fingerprint density at radius 2 is 2.11 bits per heavy atom. The van der Waals surface area contributed by atoms with E-state index in [1.54, 1.807) is 6.07 Å². The topological polar surface area (TPSA) is 59.3 Å². The van der Waals surface area contributed by atoms with Gasteiger partial charge in [-0.15, -0.1) is 0 Å². The van der Waals surface area contributed by atoms with E-state index in [2.05, 4.69) is 6.07 Å². The Morgan fingerprint density at radius 3 is 2.56 bits per heavy atom. The van der Waals surface area contributed by atoms with Crippen molar-refractivity contribution in [3.05, 3.63) is 28.8 Å². The minimum atomic E-state index is -1.03. The lowest BCUT2D eigenvalue weighted by Crippen LogP contribution is -2.48. The third-order valence-corrected chi connectivity index (χ3v) is 3.21.